The molecule has 3 unspecified atom stereocenters. The van der Waals surface area contributed by atoms with E-state index in [0.717, 1.165) is 43.0 Å². The van der Waals surface area contributed by atoms with Crippen LogP contribution < -0.4 is 14.8 Å². The average molecular weight is 334 g/mol. The highest BCUT2D eigenvalue weighted by atomic mass is 16.5. The fourth-order valence-electron chi connectivity index (χ4n) is 3.57. The Balaban J connectivity index is 1.74. The Morgan fingerprint density at radius 2 is 2.21 bits per heavy atom. The summed E-state index contributed by atoms with van der Waals surface area (Å²) in [5.74, 6) is 0.407. The lowest BCUT2D eigenvalue weighted by atomic mass is 9.99. The molecule has 0 spiro atoms. The number of hydrogen-bond acceptors (Lipinski definition) is 5. The van der Waals surface area contributed by atoms with Crippen LogP contribution in [0.5, 0.6) is 11.5 Å². The van der Waals surface area contributed by atoms with E-state index in [-0.39, 0.29) is 18.1 Å². The van der Waals surface area contributed by atoms with Gasteiger partial charge in [-0.1, -0.05) is 6.07 Å². The second-order valence-electron chi connectivity index (χ2n) is 6.79. The van der Waals surface area contributed by atoms with Crippen LogP contribution >= 0.6 is 0 Å². The summed E-state index contributed by atoms with van der Waals surface area (Å²) < 4.78 is 11.6. The minimum atomic E-state index is -0.736. The van der Waals surface area contributed by atoms with Crippen LogP contribution in [0.4, 0.5) is 0 Å². The molecule has 0 aliphatic carbocycles. The van der Waals surface area contributed by atoms with E-state index in [1.165, 1.54) is 0 Å². The van der Waals surface area contributed by atoms with Crippen LogP contribution in [0.3, 0.4) is 0 Å². The fraction of sp³-hybridized carbons (Fsp3) is 0.611. The summed E-state index contributed by atoms with van der Waals surface area (Å²) in [6.45, 7) is 2.53. The van der Waals surface area contributed by atoms with E-state index >= 15 is 0 Å². The molecule has 0 radical (unpaired) electrons. The zero-order chi connectivity index (χ0) is 17.1. The molecule has 1 aromatic rings. The van der Waals surface area contributed by atoms with Gasteiger partial charge in [0.25, 0.3) is 0 Å². The number of methoxy groups -OCH3 is 1. The van der Waals surface area contributed by atoms with Crippen molar-refractivity contribution in [3.63, 3.8) is 0 Å². The van der Waals surface area contributed by atoms with E-state index in [1.807, 2.05) is 18.2 Å². The normalized spacial score (nSPS) is 27.8. The van der Waals surface area contributed by atoms with Crippen molar-refractivity contribution in [2.75, 3.05) is 33.8 Å². The Morgan fingerprint density at radius 3 is 2.88 bits per heavy atom. The maximum absolute atomic E-state index is 11.1. The lowest BCUT2D eigenvalue weighted by Crippen LogP contribution is -2.38. The van der Waals surface area contributed by atoms with Gasteiger partial charge in [0.05, 0.1) is 13.0 Å². The molecule has 3 rings (SSSR count). The molecule has 2 N–H and O–H groups in total. The predicted molar refractivity (Wildman–Crippen MR) is 90.6 cm³/mol. The van der Waals surface area contributed by atoms with Gasteiger partial charge in [-0.05, 0) is 50.6 Å². The van der Waals surface area contributed by atoms with Crippen LogP contribution in [-0.4, -0.2) is 55.9 Å². The molecule has 1 aromatic carbocycles. The summed E-state index contributed by atoms with van der Waals surface area (Å²) in [5, 5.41) is 12.5. The summed E-state index contributed by atoms with van der Waals surface area (Å²) >= 11 is 0. The Hall–Kier alpha value is -1.79. The summed E-state index contributed by atoms with van der Waals surface area (Å²) in [6.07, 6.45) is 2.94. The number of benzene rings is 1. The highest BCUT2D eigenvalue weighted by molar-refractivity contribution is 5.70. The van der Waals surface area contributed by atoms with Gasteiger partial charge < -0.3 is 24.8 Å². The predicted octanol–water partition coefficient (Wildman–Crippen LogP) is 1.90. The maximum Gasteiger partial charge on any atom is 0.307 e. The van der Waals surface area contributed by atoms with Crippen molar-refractivity contribution in [2.24, 2.45) is 5.92 Å². The van der Waals surface area contributed by atoms with Crippen LogP contribution in [0.2, 0.25) is 0 Å². The second kappa shape index (κ2) is 7.40. The van der Waals surface area contributed by atoms with Crippen LogP contribution in [0.25, 0.3) is 0 Å². The van der Waals surface area contributed by atoms with Gasteiger partial charge in [-0.3, -0.25) is 4.79 Å². The molecule has 2 aliphatic heterocycles. The topological polar surface area (TPSA) is 71.0 Å². The number of ether oxygens (including phenoxy) is 2. The number of hydrogen-bond donors (Lipinski definition) is 2. The number of rotatable bonds is 5. The van der Waals surface area contributed by atoms with Crippen molar-refractivity contribution in [1.29, 1.82) is 0 Å². The van der Waals surface area contributed by atoms with E-state index in [0.29, 0.717) is 13.0 Å². The SMILES string of the molecule is COc1ccc(C2CC(C(=O)O)CN2)cc1OC1CCCN(C)C1. The molecule has 6 heteroatoms. The molecule has 2 saturated heterocycles. The smallest absolute Gasteiger partial charge is 0.307 e. The number of piperidine rings is 1. The number of likely N-dealkylation sites (N-methyl/N-ethyl adjacent to an activating group) is 1. The Kier molecular flexibility index (Phi) is 5.26. The van der Waals surface area contributed by atoms with Crippen molar-refractivity contribution < 1.29 is 19.4 Å². The lowest BCUT2D eigenvalue weighted by molar-refractivity contribution is -0.141. The quantitative estimate of drug-likeness (QED) is 0.857. The highest BCUT2D eigenvalue weighted by Crippen LogP contribution is 2.35. The standard InChI is InChI=1S/C18H26N2O4/c1-20-7-3-4-14(11-20)24-17-9-12(5-6-16(17)23-2)15-8-13(10-19-15)18(21)22/h5-6,9,13-15,19H,3-4,7-8,10-11H2,1-2H3,(H,21,22). The van der Waals surface area contributed by atoms with Gasteiger partial charge in [-0.2, -0.15) is 0 Å². The first-order valence-electron chi connectivity index (χ1n) is 8.56. The first-order valence-corrected chi connectivity index (χ1v) is 8.56. The monoisotopic (exact) mass is 334 g/mol. The third kappa shape index (κ3) is 3.82. The number of likely N-dealkylation sites (tertiary alicyclic amines) is 1. The Bertz CT molecular complexity index is 592. The van der Waals surface area contributed by atoms with E-state index in [4.69, 9.17) is 14.6 Å². The average Bonchev–Trinajstić information content (AvgIpc) is 3.05. The Morgan fingerprint density at radius 1 is 1.38 bits per heavy atom. The molecule has 6 nitrogen and oxygen atoms in total. The first kappa shape index (κ1) is 17.0. The zero-order valence-electron chi connectivity index (χ0n) is 14.3. The third-order valence-electron chi connectivity index (χ3n) is 4.95. The van der Waals surface area contributed by atoms with Crippen molar-refractivity contribution in [2.45, 2.75) is 31.4 Å². The van der Waals surface area contributed by atoms with Gasteiger partial charge in [0.15, 0.2) is 11.5 Å². The maximum atomic E-state index is 11.1. The number of carboxylic acid groups (broad SMARTS) is 1. The van der Waals surface area contributed by atoms with Crippen molar-refractivity contribution in [3.05, 3.63) is 23.8 Å². The number of carboxylic acids is 1. The summed E-state index contributed by atoms with van der Waals surface area (Å²) in [7, 11) is 3.75. The zero-order valence-corrected chi connectivity index (χ0v) is 14.3. The van der Waals surface area contributed by atoms with Gasteiger partial charge in [-0.15, -0.1) is 0 Å². The fourth-order valence-corrected chi connectivity index (χ4v) is 3.57. The van der Waals surface area contributed by atoms with Gasteiger partial charge in [0.2, 0.25) is 0 Å². The largest absolute Gasteiger partial charge is 0.493 e. The number of aliphatic carboxylic acids is 1. The van der Waals surface area contributed by atoms with Gasteiger partial charge in [-0.25, -0.2) is 0 Å². The number of nitrogens with zero attached hydrogens (tertiary/aromatic N) is 1. The van der Waals surface area contributed by atoms with Crippen LogP contribution in [-0.2, 0) is 4.79 Å². The molecule has 24 heavy (non-hydrogen) atoms. The van der Waals surface area contributed by atoms with Gasteiger partial charge in [0, 0.05) is 19.1 Å². The van der Waals surface area contributed by atoms with E-state index in [1.54, 1.807) is 7.11 Å². The van der Waals surface area contributed by atoms with E-state index < -0.39 is 5.97 Å². The minimum absolute atomic E-state index is 0.0494. The molecule has 0 aromatic heterocycles. The molecule has 2 aliphatic rings. The molecule has 0 bridgehead atoms. The Labute approximate surface area is 142 Å². The molecule has 0 amide bonds. The van der Waals surface area contributed by atoms with Crippen molar-refractivity contribution >= 4 is 5.97 Å². The minimum Gasteiger partial charge on any atom is -0.493 e. The number of nitrogens with one attached hydrogen (secondary N) is 1. The highest BCUT2D eigenvalue weighted by Gasteiger charge is 2.30. The summed E-state index contributed by atoms with van der Waals surface area (Å²) in [4.78, 5) is 13.4. The lowest BCUT2D eigenvalue weighted by Gasteiger charge is -2.30. The van der Waals surface area contributed by atoms with Gasteiger partial charge in [0.1, 0.15) is 6.10 Å². The van der Waals surface area contributed by atoms with Crippen molar-refractivity contribution in [1.82, 2.24) is 10.2 Å². The van der Waals surface area contributed by atoms with Crippen LogP contribution in [0.15, 0.2) is 18.2 Å². The summed E-state index contributed by atoms with van der Waals surface area (Å²) in [5.41, 5.74) is 1.05. The van der Waals surface area contributed by atoms with Crippen LogP contribution in [0, 0.1) is 5.92 Å². The first-order chi connectivity index (χ1) is 11.6. The second-order valence-corrected chi connectivity index (χ2v) is 6.79. The molecule has 132 valence electrons. The third-order valence-corrected chi connectivity index (χ3v) is 4.95. The summed E-state index contributed by atoms with van der Waals surface area (Å²) in [6, 6.07) is 5.94. The van der Waals surface area contributed by atoms with E-state index in [9.17, 15) is 4.79 Å². The molecule has 2 fully saturated rings. The van der Waals surface area contributed by atoms with Gasteiger partial charge >= 0.3 is 5.97 Å². The molecular formula is C18H26N2O4. The molecular weight excluding hydrogens is 308 g/mol. The molecule has 3 atom stereocenters. The number of carbonyl (C=O) groups is 1. The molecule has 2 heterocycles. The van der Waals surface area contributed by atoms with Crippen LogP contribution in [0.1, 0.15) is 30.9 Å². The van der Waals surface area contributed by atoms with Crippen molar-refractivity contribution in [3.8, 4) is 11.5 Å². The van der Waals surface area contributed by atoms with E-state index in [2.05, 4.69) is 17.3 Å². The molecule has 0 saturated carbocycles.